The number of rotatable bonds is 4. The zero-order valence-corrected chi connectivity index (χ0v) is 28.3. The molecule has 0 unspecified atom stereocenters. The van der Waals surface area contributed by atoms with Crippen LogP contribution in [0, 0.1) is 6.92 Å². The van der Waals surface area contributed by atoms with Gasteiger partial charge < -0.3 is 0 Å². The van der Waals surface area contributed by atoms with Crippen LogP contribution in [-0.4, -0.2) is 0 Å². The maximum absolute atomic E-state index is 2.52. The van der Waals surface area contributed by atoms with Gasteiger partial charge in [-0.2, -0.15) is 0 Å². The Balaban J connectivity index is 1.70. The van der Waals surface area contributed by atoms with Gasteiger partial charge in [0.1, 0.15) is 0 Å². The van der Waals surface area contributed by atoms with Crippen LogP contribution in [-0.2, 0) is 10.8 Å². The fraction of sp³-hybridized carbons (Fsp3) is 0.217. The molecule has 0 heterocycles. The van der Waals surface area contributed by atoms with E-state index in [1.807, 2.05) is 0 Å². The van der Waals surface area contributed by atoms with E-state index in [1.54, 1.807) is 0 Å². The topological polar surface area (TPSA) is 0 Å². The highest BCUT2D eigenvalue weighted by atomic mass is 14.3. The molecule has 0 fully saturated rings. The molecule has 0 N–H and O–H groups in total. The van der Waals surface area contributed by atoms with Gasteiger partial charge >= 0.3 is 0 Å². The van der Waals surface area contributed by atoms with E-state index in [2.05, 4.69) is 176 Å². The molecule has 0 aromatic heterocycles. The van der Waals surface area contributed by atoms with Crippen molar-refractivity contribution in [3.63, 3.8) is 0 Å². The summed E-state index contributed by atoms with van der Waals surface area (Å²) in [4.78, 5) is 0. The summed E-state index contributed by atoms with van der Waals surface area (Å²) in [7, 11) is 0. The number of hydrogen-bond donors (Lipinski definition) is 0. The van der Waals surface area contributed by atoms with Crippen molar-refractivity contribution < 1.29 is 0 Å². The number of hydrogen-bond acceptors (Lipinski definition) is 0. The lowest BCUT2D eigenvalue weighted by Gasteiger charge is -2.28. The second-order valence-corrected chi connectivity index (χ2v) is 15.1. The molecule has 0 aliphatic heterocycles. The standard InChI is InChI=1S/C46H44/c1-30-16-14-21-33(26-30)36-22-15-23-38(36)43-40-28-34-27-35(45(2,3)4)24-25-37(34)39(40)29-41(44(43)46(5,6)7)42(31-17-10-8-11-18-31)32-19-12-9-13-20-32/h8-22,24-29H,23H2,1-7H3. The molecule has 5 aromatic carbocycles. The summed E-state index contributed by atoms with van der Waals surface area (Å²) in [6.45, 7) is 16.3. The molecule has 46 heavy (non-hydrogen) atoms. The zero-order chi connectivity index (χ0) is 32.2. The van der Waals surface area contributed by atoms with Crippen molar-refractivity contribution in [3.05, 3.63) is 176 Å². The van der Waals surface area contributed by atoms with Crippen LogP contribution in [0.5, 0.6) is 0 Å². The second-order valence-electron chi connectivity index (χ2n) is 15.1. The molecule has 2 aliphatic carbocycles. The monoisotopic (exact) mass is 596 g/mol. The van der Waals surface area contributed by atoms with Crippen LogP contribution in [0.2, 0.25) is 0 Å². The Morgan fingerprint density at radius 1 is 0.630 bits per heavy atom. The first-order valence-electron chi connectivity index (χ1n) is 16.7. The Morgan fingerprint density at radius 2 is 1.30 bits per heavy atom. The lowest BCUT2D eigenvalue weighted by atomic mass is 9.75. The molecule has 0 amide bonds. The molecule has 0 saturated heterocycles. The summed E-state index contributed by atoms with van der Waals surface area (Å²) < 4.78 is 0. The van der Waals surface area contributed by atoms with Crippen molar-refractivity contribution in [2.45, 2.75) is 65.7 Å². The van der Waals surface area contributed by atoms with Crippen molar-refractivity contribution >= 4 is 22.8 Å². The van der Waals surface area contributed by atoms with Gasteiger partial charge in [0, 0.05) is 0 Å². The van der Waals surface area contributed by atoms with Crippen LogP contribution in [0.3, 0.4) is 0 Å². The van der Waals surface area contributed by atoms with Crippen LogP contribution >= 0.6 is 0 Å². The van der Waals surface area contributed by atoms with E-state index in [-0.39, 0.29) is 10.8 Å². The van der Waals surface area contributed by atoms with Gasteiger partial charge in [0.25, 0.3) is 0 Å². The first-order chi connectivity index (χ1) is 22.0. The summed E-state index contributed by atoms with van der Waals surface area (Å²) in [5.74, 6) is 0. The van der Waals surface area contributed by atoms with E-state index in [4.69, 9.17) is 0 Å². The molecule has 2 aliphatic rings. The summed E-state index contributed by atoms with van der Waals surface area (Å²) in [5.41, 5.74) is 17.3. The third-order valence-corrected chi connectivity index (χ3v) is 9.58. The minimum Gasteiger partial charge on any atom is -0.0795 e. The van der Waals surface area contributed by atoms with E-state index in [1.165, 1.54) is 82.8 Å². The van der Waals surface area contributed by atoms with E-state index in [9.17, 15) is 0 Å². The second kappa shape index (κ2) is 11.3. The molecular weight excluding hydrogens is 553 g/mol. The predicted octanol–water partition coefficient (Wildman–Crippen LogP) is 10.5. The van der Waals surface area contributed by atoms with Gasteiger partial charge in [-0.3, -0.25) is 0 Å². The molecule has 0 spiro atoms. The highest BCUT2D eigenvalue weighted by Crippen LogP contribution is 2.41. The Kier molecular flexibility index (Phi) is 7.36. The number of allylic oxidation sites excluding steroid dienone is 4. The molecule has 0 atom stereocenters. The molecule has 0 radical (unpaired) electrons. The van der Waals surface area contributed by atoms with Crippen LogP contribution in [0.1, 0.15) is 92.5 Å². The third-order valence-electron chi connectivity index (χ3n) is 9.58. The lowest BCUT2D eigenvalue weighted by molar-refractivity contribution is 0.583. The third kappa shape index (κ3) is 5.31. The van der Waals surface area contributed by atoms with E-state index in [0.717, 1.165) is 6.42 Å². The zero-order valence-electron chi connectivity index (χ0n) is 28.3. The summed E-state index contributed by atoms with van der Waals surface area (Å²) in [5, 5.41) is 2.68. The van der Waals surface area contributed by atoms with Crippen LogP contribution in [0.25, 0.3) is 33.9 Å². The van der Waals surface area contributed by atoms with Crippen molar-refractivity contribution in [1.82, 2.24) is 0 Å². The molecular formula is C46H44. The molecule has 5 aromatic rings. The minimum absolute atomic E-state index is 0.0833. The SMILES string of the molecule is Cc1cccc(C2=C(c3c(C(C)(C)C)c(=C(c4ccccc4)c4ccccc4)cc4c3=Cc3cc(C(C)(C)C)ccc3-4)CC=C2)c1. The minimum atomic E-state index is -0.124. The Hall–Kier alpha value is -4.68. The van der Waals surface area contributed by atoms with Gasteiger partial charge in [-0.25, -0.2) is 0 Å². The Labute approximate surface area is 275 Å². The smallest absolute Gasteiger partial charge is 0.00354 e. The molecule has 7 rings (SSSR count). The highest BCUT2D eigenvalue weighted by Gasteiger charge is 2.30. The summed E-state index contributed by atoms with van der Waals surface area (Å²) >= 11 is 0. The average molecular weight is 597 g/mol. The lowest BCUT2D eigenvalue weighted by Crippen LogP contribution is -2.32. The molecule has 0 saturated carbocycles. The molecule has 0 bridgehead atoms. The van der Waals surface area contributed by atoms with Gasteiger partial charge in [-0.15, -0.1) is 0 Å². The first-order valence-corrected chi connectivity index (χ1v) is 16.7. The quantitative estimate of drug-likeness (QED) is 0.190. The van der Waals surface area contributed by atoms with Crippen LogP contribution in [0.15, 0.2) is 121 Å². The van der Waals surface area contributed by atoms with Gasteiger partial charge in [0.2, 0.25) is 0 Å². The van der Waals surface area contributed by atoms with Gasteiger partial charge in [0.15, 0.2) is 0 Å². The van der Waals surface area contributed by atoms with Crippen molar-refractivity contribution in [1.29, 1.82) is 0 Å². The largest absolute Gasteiger partial charge is 0.0795 e. The van der Waals surface area contributed by atoms with E-state index in [0.29, 0.717) is 0 Å². The normalized spacial score (nSPS) is 13.9. The summed E-state index contributed by atoms with van der Waals surface area (Å²) in [6, 6.07) is 40.6. The number of fused-ring (bicyclic) bond motifs is 3. The van der Waals surface area contributed by atoms with Crippen LogP contribution in [0.4, 0.5) is 0 Å². The average Bonchev–Trinajstić information content (AvgIpc) is 3.66. The molecule has 0 heteroatoms. The van der Waals surface area contributed by atoms with Crippen molar-refractivity contribution in [2.24, 2.45) is 0 Å². The fourth-order valence-corrected chi connectivity index (χ4v) is 7.42. The maximum Gasteiger partial charge on any atom is -0.00354 e. The van der Waals surface area contributed by atoms with E-state index >= 15 is 0 Å². The molecule has 228 valence electrons. The molecule has 0 nitrogen and oxygen atoms in total. The van der Waals surface area contributed by atoms with Gasteiger partial charge in [0.05, 0.1) is 0 Å². The number of benzene rings is 5. The highest BCUT2D eigenvalue weighted by molar-refractivity contribution is 6.02. The van der Waals surface area contributed by atoms with Gasteiger partial charge in [-0.05, 0) is 114 Å². The van der Waals surface area contributed by atoms with Gasteiger partial charge in [-0.1, -0.05) is 162 Å². The van der Waals surface area contributed by atoms with E-state index < -0.39 is 0 Å². The maximum atomic E-state index is 2.52. The number of aryl methyl sites for hydroxylation is 1. The fourth-order valence-electron chi connectivity index (χ4n) is 7.42. The Bertz CT molecular complexity index is 2110. The Morgan fingerprint density at radius 3 is 1.91 bits per heavy atom. The summed E-state index contributed by atoms with van der Waals surface area (Å²) in [6.07, 6.45) is 8.12. The van der Waals surface area contributed by atoms with Crippen molar-refractivity contribution in [2.75, 3.05) is 0 Å². The van der Waals surface area contributed by atoms with Crippen molar-refractivity contribution in [3.8, 4) is 11.1 Å². The predicted molar refractivity (Wildman–Crippen MR) is 198 cm³/mol. The van der Waals surface area contributed by atoms with Crippen LogP contribution < -0.4 is 10.4 Å². The first kappa shape index (κ1) is 30.0.